The number of nitriles is 1. The summed E-state index contributed by atoms with van der Waals surface area (Å²) < 4.78 is 19.0. The molecule has 3 rings (SSSR count). The first-order valence-corrected chi connectivity index (χ1v) is 10.5. The Hall–Kier alpha value is -2.91. The van der Waals surface area contributed by atoms with Crippen LogP contribution in [0.2, 0.25) is 0 Å². The molecule has 0 bridgehead atoms. The van der Waals surface area contributed by atoms with E-state index < -0.39 is 0 Å². The monoisotopic (exact) mass is 409 g/mol. The van der Waals surface area contributed by atoms with Gasteiger partial charge in [0, 0.05) is 25.3 Å². The quantitative estimate of drug-likeness (QED) is 0.649. The standard InChI is InChI=1S/C24H28FN3O2/c1-2-30-23-11-9-22(10-12-23)28(15-5-13-26)24(29)20-7-4-14-27(18-20)17-19-6-3-8-21(25)16-19/h3,6,8-12,16,20H,2,4-5,7,14-15,17-18H2,1H3. The number of nitrogens with zero attached hydrogens (tertiary/aromatic N) is 3. The number of benzene rings is 2. The van der Waals surface area contributed by atoms with Crippen LogP contribution in [0.3, 0.4) is 0 Å². The second-order valence-corrected chi connectivity index (χ2v) is 7.53. The highest BCUT2D eigenvalue weighted by atomic mass is 19.1. The summed E-state index contributed by atoms with van der Waals surface area (Å²) in [4.78, 5) is 17.3. The van der Waals surface area contributed by atoms with Crippen LogP contribution in [0.4, 0.5) is 10.1 Å². The summed E-state index contributed by atoms with van der Waals surface area (Å²) in [6.45, 7) is 5.03. The van der Waals surface area contributed by atoms with Gasteiger partial charge in [0.2, 0.25) is 5.91 Å². The van der Waals surface area contributed by atoms with Gasteiger partial charge in [0.25, 0.3) is 0 Å². The van der Waals surface area contributed by atoms with Gasteiger partial charge in [-0.3, -0.25) is 9.69 Å². The predicted molar refractivity (Wildman–Crippen MR) is 115 cm³/mol. The summed E-state index contributed by atoms with van der Waals surface area (Å²) >= 11 is 0. The van der Waals surface area contributed by atoms with Crippen LogP contribution in [-0.4, -0.2) is 37.0 Å². The molecular weight excluding hydrogens is 381 g/mol. The van der Waals surface area contributed by atoms with Crippen LogP contribution in [0.1, 0.15) is 31.7 Å². The van der Waals surface area contributed by atoms with Crippen LogP contribution < -0.4 is 9.64 Å². The molecule has 0 aromatic heterocycles. The van der Waals surface area contributed by atoms with Crippen molar-refractivity contribution in [1.29, 1.82) is 5.26 Å². The van der Waals surface area contributed by atoms with Gasteiger partial charge in [-0.2, -0.15) is 5.26 Å². The first-order valence-electron chi connectivity index (χ1n) is 10.5. The molecule has 2 aromatic carbocycles. The maximum Gasteiger partial charge on any atom is 0.231 e. The Morgan fingerprint density at radius 1 is 1.30 bits per heavy atom. The lowest BCUT2D eigenvalue weighted by molar-refractivity contribution is -0.124. The van der Waals surface area contributed by atoms with E-state index in [1.807, 2.05) is 37.3 Å². The van der Waals surface area contributed by atoms with Gasteiger partial charge in [0.15, 0.2) is 0 Å². The van der Waals surface area contributed by atoms with Crippen LogP contribution >= 0.6 is 0 Å². The van der Waals surface area contributed by atoms with E-state index in [4.69, 9.17) is 10.00 Å². The van der Waals surface area contributed by atoms with E-state index in [2.05, 4.69) is 11.0 Å². The summed E-state index contributed by atoms with van der Waals surface area (Å²) in [5, 5.41) is 9.05. The number of amides is 1. The Kier molecular flexibility index (Phi) is 7.81. The molecular formula is C24H28FN3O2. The van der Waals surface area contributed by atoms with E-state index in [0.717, 1.165) is 36.4 Å². The average Bonchev–Trinajstić information content (AvgIpc) is 2.75. The van der Waals surface area contributed by atoms with Crippen LogP contribution in [0.15, 0.2) is 48.5 Å². The van der Waals surface area contributed by atoms with Gasteiger partial charge in [-0.25, -0.2) is 4.39 Å². The van der Waals surface area contributed by atoms with Gasteiger partial charge < -0.3 is 9.64 Å². The number of hydrogen-bond acceptors (Lipinski definition) is 4. The van der Waals surface area contributed by atoms with Gasteiger partial charge in [-0.15, -0.1) is 0 Å². The fraction of sp³-hybridized carbons (Fsp3) is 0.417. The number of anilines is 1. The first-order chi connectivity index (χ1) is 14.6. The molecule has 1 aliphatic heterocycles. The topological polar surface area (TPSA) is 56.6 Å². The molecule has 1 unspecified atom stereocenters. The molecule has 5 nitrogen and oxygen atoms in total. The molecule has 0 aliphatic carbocycles. The lowest BCUT2D eigenvalue weighted by Gasteiger charge is -2.35. The molecule has 1 atom stereocenters. The van der Waals surface area contributed by atoms with E-state index in [0.29, 0.717) is 26.2 Å². The maximum atomic E-state index is 13.5. The van der Waals surface area contributed by atoms with Crippen molar-refractivity contribution in [1.82, 2.24) is 4.90 Å². The van der Waals surface area contributed by atoms with Crippen molar-refractivity contribution < 1.29 is 13.9 Å². The highest BCUT2D eigenvalue weighted by molar-refractivity contribution is 5.95. The molecule has 30 heavy (non-hydrogen) atoms. The van der Waals surface area contributed by atoms with Crippen molar-refractivity contribution in [3.63, 3.8) is 0 Å². The molecule has 1 saturated heterocycles. The van der Waals surface area contributed by atoms with Crippen LogP contribution in [-0.2, 0) is 11.3 Å². The minimum Gasteiger partial charge on any atom is -0.494 e. The van der Waals surface area contributed by atoms with Crippen molar-refractivity contribution in [2.24, 2.45) is 5.92 Å². The second kappa shape index (κ2) is 10.7. The zero-order valence-corrected chi connectivity index (χ0v) is 17.4. The summed E-state index contributed by atoms with van der Waals surface area (Å²) in [5.41, 5.74) is 1.69. The summed E-state index contributed by atoms with van der Waals surface area (Å²) in [6, 6.07) is 16.2. The van der Waals surface area contributed by atoms with Gasteiger partial charge in [0.1, 0.15) is 11.6 Å². The number of carbonyl (C=O) groups is 1. The Morgan fingerprint density at radius 3 is 2.80 bits per heavy atom. The normalized spacial score (nSPS) is 16.6. The number of rotatable bonds is 8. The van der Waals surface area contributed by atoms with Crippen molar-refractivity contribution in [3.8, 4) is 11.8 Å². The Balaban J connectivity index is 1.70. The number of carbonyl (C=O) groups excluding carboxylic acids is 1. The molecule has 0 spiro atoms. The SMILES string of the molecule is CCOc1ccc(N(CCC#N)C(=O)C2CCCN(Cc3cccc(F)c3)C2)cc1. The van der Waals surface area contributed by atoms with Crippen molar-refractivity contribution in [2.45, 2.75) is 32.7 Å². The van der Waals surface area contributed by atoms with E-state index in [1.165, 1.54) is 6.07 Å². The van der Waals surface area contributed by atoms with E-state index in [1.54, 1.807) is 17.0 Å². The van der Waals surface area contributed by atoms with Gasteiger partial charge in [0.05, 0.1) is 25.0 Å². The minimum atomic E-state index is -0.240. The number of likely N-dealkylation sites (tertiary alicyclic amines) is 1. The third kappa shape index (κ3) is 5.80. The first kappa shape index (κ1) is 21.8. The molecule has 6 heteroatoms. The minimum absolute atomic E-state index is 0.0401. The molecule has 0 radical (unpaired) electrons. The molecule has 1 amide bonds. The highest BCUT2D eigenvalue weighted by Gasteiger charge is 2.30. The Bertz CT molecular complexity index is 879. The molecule has 1 aliphatic rings. The summed E-state index contributed by atoms with van der Waals surface area (Å²) in [6.07, 6.45) is 2.01. The van der Waals surface area contributed by atoms with E-state index >= 15 is 0 Å². The van der Waals surface area contributed by atoms with Gasteiger partial charge in [-0.1, -0.05) is 12.1 Å². The molecule has 0 N–H and O–H groups in total. The fourth-order valence-corrected chi connectivity index (χ4v) is 3.93. The Labute approximate surface area is 177 Å². The molecule has 1 heterocycles. The lowest BCUT2D eigenvalue weighted by atomic mass is 9.95. The molecule has 158 valence electrons. The summed E-state index contributed by atoms with van der Waals surface area (Å²) in [5.74, 6) is 0.416. The number of piperidine rings is 1. The zero-order chi connectivity index (χ0) is 21.3. The highest BCUT2D eigenvalue weighted by Crippen LogP contribution is 2.26. The predicted octanol–water partition coefficient (Wildman–Crippen LogP) is 4.38. The molecule has 1 fully saturated rings. The van der Waals surface area contributed by atoms with Crippen molar-refractivity contribution in [3.05, 3.63) is 59.9 Å². The second-order valence-electron chi connectivity index (χ2n) is 7.53. The van der Waals surface area contributed by atoms with E-state index in [-0.39, 0.29) is 24.1 Å². The largest absolute Gasteiger partial charge is 0.494 e. The average molecular weight is 410 g/mol. The maximum absolute atomic E-state index is 13.5. The van der Waals surface area contributed by atoms with Crippen LogP contribution in [0, 0.1) is 23.1 Å². The zero-order valence-electron chi connectivity index (χ0n) is 17.4. The van der Waals surface area contributed by atoms with Crippen molar-refractivity contribution in [2.75, 3.05) is 31.1 Å². The van der Waals surface area contributed by atoms with Crippen LogP contribution in [0.25, 0.3) is 0 Å². The van der Waals surface area contributed by atoms with Gasteiger partial charge in [-0.05, 0) is 68.3 Å². The Morgan fingerprint density at radius 2 is 2.10 bits per heavy atom. The molecule has 2 aromatic rings. The lowest BCUT2D eigenvalue weighted by Crippen LogP contribution is -2.45. The fourth-order valence-electron chi connectivity index (χ4n) is 3.93. The molecule has 0 saturated carbocycles. The van der Waals surface area contributed by atoms with E-state index in [9.17, 15) is 9.18 Å². The summed E-state index contributed by atoms with van der Waals surface area (Å²) in [7, 11) is 0. The third-order valence-electron chi connectivity index (χ3n) is 5.32. The van der Waals surface area contributed by atoms with Gasteiger partial charge >= 0.3 is 0 Å². The third-order valence-corrected chi connectivity index (χ3v) is 5.32. The van der Waals surface area contributed by atoms with Crippen molar-refractivity contribution >= 4 is 11.6 Å². The number of hydrogen-bond donors (Lipinski definition) is 0. The number of halogens is 1. The number of ether oxygens (including phenoxy) is 1. The smallest absolute Gasteiger partial charge is 0.231 e. The van der Waals surface area contributed by atoms with Crippen LogP contribution in [0.5, 0.6) is 5.75 Å².